The van der Waals surface area contributed by atoms with Gasteiger partial charge in [-0.15, -0.1) is 0 Å². The van der Waals surface area contributed by atoms with Gasteiger partial charge >= 0.3 is 12.0 Å². The predicted molar refractivity (Wildman–Crippen MR) is 83.2 cm³/mol. The summed E-state index contributed by atoms with van der Waals surface area (Å²) >= 11 is 3.38. The van der Waals surface area contributed by atoms with Crippen molar-refractivity contribution in [1.82, 2.24) is 10.2 Å². The number of carbonyl (C=O) groups excluding carboxylic acids is 1. The first kappa shape index (κ1) is 15.8. The minimum Gasteiger partial charge on any atom is -0.481 e. The van der Waals surface area contributed by atoms with Gasteiger partial charge in [0, 0.05) is 24.1 Å². The number of urea groups is 1. The van der Waals surface area contributed by atoms with Crippen LogP contribution in [0.25, 0.3) is 0 Å². The predicted octanol–water partition coefficient (Wildman–Crippen LogP) is 2.50. The third-order valence-corrected chi connectivity index (χ3v) is 4.19. The van der Waals surface area contributed by atoms with Crippen LogP contribution in [-0.4, -0.2) is 41.6 Å². The first-order valence-corrected chi connectivity index (χ1v) is 7.85. The fraction of sp³-hybridized carbons (Fsp3) is 0.467. The molecule has 0 saturated carbocycles. The van der Waals surface area contributed by atoms with E-state index in [2.05, 4.69) is 21.2 Å². The second-order valence-electron chi connectivity index (χ2n) is 5.23. The van der Waals surface area contributed by atoms with Crippen LogP contribution in [0.5, 0.6) is 0 Å². The molecule has 2 N–H and O–H groups in total. The molecule has 2 rings (SSSR count). The molecule has 1 aliphatic rings. The summed E-state index contributed by atoms with van der Waals surface area (Å²) in [6.07, 6.45) is 2.16. The first-order valence-electron chi connectivity index (χ1n) is 7.06. The molecule has 1 aromatic rings. The van der Waals surface area contributed by atoms with Crippen molar-refractivity contribution in [3.63, 3.8) is 0 Å². The molecule has 0 aromatic heterocycles. The Labute approximate surface area is 132 Å². The number of halogens is 1. The number of carbonyl (C=O) groups is 2. The molecule has 5 nitrogen and oxygen atoms in total. The van der Waals surface area contributed by atoms with Gasteiger partial charge in [-0.3, -0.25) is 4.79 Å². The van der Waals surface area contributed by atoms with E-state index >= 15 is 0 Å². The van der Waals surface area contributed by atoms with Crippen molar-refractivity contribution in [1.29, 1.82) is 0 Å². The van der Waals surface area contributed by atoms with Crippen LogP contribution in [0.1, 0.15) is 18.4 Å². The third kappa shape index (κ3) is 4.74. The third-order valence-electron chi connectivity index (χ3n) is 3.66. The number of likely N-dealkylation sites (tertiary alicyclic amines) is 1. The number of nitrogens with one attached hydrogen (secondary N) is 1. The number of piperidine rings is 1. The quantitative estimate of drug-likeness (QED) is 0.872. The number of benzene rings is 1. The Morgan fingerprint density at radius 2 is 2.05 bits per heavy atom. The molecule has 2 amide bonds. The molecule has 0 aliphatic carbocycles. The number of hydrogen-bond acceptors (Lipinski definition) is 2. The zero-order valence-corrected chi connectivity index (χ0v) is 13.3. The molecule has 0 spiro atoms. The highest BCUT2D eigenvalue weighted by Crippen LogP contribution is 2.16. The van der Waals surface area contributed by atoms with Gasteiger partial charge in [-0.1, -0.05) is 28.1 Å². The van der Waals surface area contributed by atoms with Crippen molar-refractivity contribution in [3.8, 4) is 0 Å². The van der Waals surface area contributed by atoms with Crippen LogP contribution in [0, 0.1) is 5.92 Å². The van der Waals surface area contributed by atoms with E-state index in [9.17, 15) is 9.59 Å². The van der Waals surface area contributed by atoms with Crippen LogP contribution in [0.3, 0.4) is 0 Å². The van der Waals surface area contributed by atoms with Gasteiger partial charge in [0.25, 0.3) is 0 Å². The molecule has 1 heterocycles. The largest absolute Gasteiger partial charge is 0.481 e. The van der Waals surface area contributed by atoms with E-state index < -0.39 is 11.9 Å². The zero-order chi connectivity index (χ0) is 15.2. The molecule has 1 aliphatic heterocycles. The minimum absolute atomic E-state index is 0.168. The lowest BCUT2D eigenvalue weighted by molar-refractivity contribution is -0.143. The van der Waals surface area contributed by atoms with E-state index in [0.29, 0.717) is 26.1 Å². The average Bonchev–Trinajstić information content (AvgIpc) is 2.49. The Bertz CT molecular complexity index is 504. The SMILES string of the molecule is O=C(O)C1CCCN(C(=O)NCCc2ccc(Br)cc2)C1. The van der Waals surface area contributed by atoms with Gasteiger partial charge in [0.2, 0.25) is 0 Å². The smallest absolute Gasteiger partial charge is 0.317 e. The normalized spacial score (nSPS) is 18.3. The summed E-state index contributed by atoms with van der Waals surface area (Å²) in [6.45, 7) is 1.49. The number of nitrogens with zero attached hydrogens (tertiary/aromatic N) is 1. The molecule has 21 heavy (non-hydrogen) atoms. The summed E-state index contributed by atoms with van der Waals surface area (Å²) in [5, 5.41) is 11.9. The van der Waals surface area contributed by atoms with Crippen molar-refractivity contribution < 1.29 is 14.7 Å². The van der Waals surface area contributed by atoms with Crippen LogP contribution in [0.4, 0.5) is 4.79 Å². The van der Waals surface area contributed by atoms with Crippen LogP contribution in [0.15, 0.2) is 28.7 Å². The summed E-state index contributed by atoms with van der Waals surface area (Å²) in [5.41, 5.74) is 1.15. The molecule has 1 unspecified atom stereocenters. The fourth-order valence-corrected chi connectivity index (χ4v) is 2.70. The van der Waals surface area contributed by atoms with E-state index in [0.717, 1.165) is 22.9 Å². The highest BCUT2D eigenvalue weighted by atomic mass is 79.9. The van der Waals surface area contributed by atoms with Crippen molar-refractivity contribution in [3.05, 3.63) is 34.3 Å². The highest BCUT2D eigenvalue weighted by Gasteiger charge is 2.27. The van der Waals surface area contributed by atoms with Crippen molar-refractivity contribution in [2.45, 2.75) is 19.3 Å². The summed E-state index contributed by atoms with van der Waals surface area (Å²) in [6, 6.07) is 7.80. The van der Waals surface area contributed by atoms with Crippen LogP contribution in [-0.2, 0) is 11.2 Å². The average molecular weight is 355 g/mol. The molecule has 1 saturated heterocycles. The maximum absolute atomic E-state index is 12.0. The lowest BCUT2D eigenvalue weighted by Crippen LogP contribution is -2.47. The molecule has 1 fully saturated rings. The van der Waals surface area contributed by atoms with Gasteiger partial charge in [-0.05, 0) is 37.0 Å². The van der Waals surface area contributed by atoms with E-state index in [1.807, 2.05) is 24.3 Å². The number of rotatable bonds is 4. The van der Waals surface area contributed by atoms with E-state index in [4.69, 9.17) is 5.11 Å². The molecule has 0 bridgehead atoms. The summed E-state index contributed by atoms with van der Waals surface area (Å²) in [7, 11) is 0. The maximum Gasteiger partial charge on any atom is 0.317 e. The number of hydrogen-bond donors (Lipinski definition) is 2. The zero-order valence-electron chi connectivity index (χ0n) is 11.7. The Hall–Kier alpha value is -1.56. The lowest BCUT2D eigenvalue weighted by atomic mass is 9.99. The van der Waals surface area contributed by atoms with Crippen LogP contribution in [0.2, 0.25) is 0 Å². The highest BCUT2D eigenvalue weighted by molar-refractivity contribution is 9.10. The first-order chi connectivity index (χ1) is 10.1. The molecular weight excluding hydrogens is 336 g/mol. The van der Waals surface area contributed by atoms with Gasteiger partial charge in [-0.2, -0.15) is 0 Å². The van der Waals surface area contributed by atoms with Gasteiger partial charge < -0.3 is 15.3 Å². The van der Waals surface area contributed by atoms with E-state index in [1.54, 1.807) is 4.90 Å². The second-order valence-corrected chi connectivity index (χ2v) is 6.15. The Morgan fingerprint density at radius 1 is 1.33 bits per heavy atom. The van der Waals surface area contributed by atoms with E-state index in [1.165, 1.54) is 0 Å². The van der Waals surface area contributed by atoms with Gasteiger partial charge in [0.05, 0.1) is 5.92 Å². The van der Waals surface area contributed by atoms with Crippen molar-refractivity contribution in [2.75, 3.05) is 19.6 Å². The molecule has 1 atom stereocenters. The molecule has 114 valence electrons. The maximum atomic E-state index is 12.0. The summed E-state index contributed by atoms with van der Waals surface area (Å²) < 4.78 is 1.03. The van der Waals surface area contributed by atoms with Gasteiger partial charge in [0.1, 0.15) is 0 Å². The standard InChI is InChI=1S/C15H19BrN2O3/c16-13-5-3-11(4-6-13)7-8-17-15(21)18-9-1-2-12(10-18)14(19)20/h3-6,12H,1-2,7-10H2,(H,17,21)(H,19,20). The fourth-order valence-electron chi connectivity index (χ4n) is 2.44. The molecule has 1 aromatic carbocycles. The number of carboxylic acids is 1. The summed E-state index contributed by atoms with van der Waals surface area (Å²) in [4.78, 5) is 24.6. The lowest BCUT2D eigenvalue weighted by Gasteiger charge is -2.30. The van der Waals surface area contributed by atoms with E-state index in [-0.39, 0.29) is 6.03 Å². The second kappa shape index (κ2) is 7.45. The Balaban J connectivity index is 1.76. The minimum atomic E-state index is -0.817. The topological polar surface area (TPSA) is 69.6 Å². The van der Waals surface area contributed by atoms with Crippen molar-refractivity contribution in [2.24, 2.45) is 5.92 Å². The van der Waals surface area contributed by atoms with Crippen molar-refractivity contribution >= 4 is 27.9 Å². The number of aliphatic carboxylic acids is 1. The Kier molecular flexibility index (Phi) is 5.61. The van der Waals surface area contributed by atoms with Gasteiger partial charge in [0.15, 0.2) is 0 Å². The number of carboxylic acid groups (broad SMARTS) is 1. The number of amides is 2. The molecule has 0 radical (unpaired) electrons. The molecular formula is C15H19BrN2O3. The van der Waals surface area contributed by atoms with Crippen LogP contribution >= 0.6 is 15.9 Å². The van der Waals surface area contributed by atoms with Gasteiger partial charge in [-0.25, -0.2) is 4.79 Å². The monoisotopic (exact) mass is 354 g/mol. The Morgan fingerprint density at radius 3 is 2.71 bits per heavy atom. The summed E-state index contributed by atoms with van der Waals surface area (Å²) in [5.74, 6) is -1.25. The van der Waals surface area contributed by atoms with Crippen LogP contribution < -0.4 is 5.32 Å². The molecule has 6 heteroatoms.